The summed E-state index contributed by atoms with van der Waals surface area (Å²) in [6, 6.07) is 4.95. The second-order valence-corrected chi connectivity index (χ2v) is 7.69. The van der Waals surface area contributed by atoms with E-state index < -0.39 is 0 Å². The van der Waals surface area contributed by atoms with E-state index in [1.807, 2.05) is 0 Å². The maximum Gasteiger partial charge on any atom is 0.147 e. The Labute approximate surface area is 145 Å². The third kappa shape index (κ3) is 4.97. The fraction of sp³-hybridized carbons (Fsp3) is 0.647. The van der Waals surface area contributed by atoms with Crippen LogP contribution in [-0.2, 0) is 6.54 Å². The van der Waals surface area contributed by atoms with E-state index in [2.05, 4.69) is 56.2 Å². The Morgan fingerprint density at radius 3 is 2.29 bits per heavy atom. The molecule has 2 nitrogen and oxygen atoms in total. The van der Waals surface area contributed by atoms with Crippen LogP contribution in [0.4, 0.5) is 0 Å². The van der Waals surface area contributed by atoms with Gasteiger partial charge in [-0.1, -0.05) is 19.8 Å². The molecule has 1 fully saturated rings. The molecule has 118 valence electrons. The summed E-state index contributed by atoms with van der Waals surface area (Å²) >= 11 is 7.13. The lowest BCUT2D eigenvalue weighted by Crippen LogP contribution is -2.32. The highest BCUT2D eigenvalue weighted by Crippen LogP contribution is 2.34. The maximum atomic E-state index is 5.35. The lowest BCUT2D eigenvalue weighted by molar-refractivity contribution is 0.277. The first-order valence-electron chi connectivity index (χ1n) is 7.89. The Balaban J connectivity index is 1.84. The summed E-state index contributed by atoms with van der Waals surface area (Å²) in [4.78, 5) is 0. The molecule has 0 heterocycles. The van der Waals surface area contributed by atoms with E-state index in [4.69, 9.17) is 4.74 Å². The Kier molecular flexibility index (Phi) is 7.03. The van der Waals surface area contributed by atoms with E-state index in [1.165, 1.54) is 44.1 Å². The van der Waals surface area contributed by atoms with Gasteiger partial charge in [-0.25, -0.2) is 0 Å². The molecular weight excluding hydrogens is 394 g/mol. The van der Waals surface area contributed by atoms with Crippen molar-refractivity contribution in [3.63, 3.8) is 0 Å². The third-order valence-corrected chi connectivity index (χ3v) is 5.58. The van der Waals surface area contributed by atoms with Crippen LogP contribution < -0.4 is 10.1 Å². The second kappa shape index (κ2) is 8.54. The smallest absolute Gasteiger partial charge is 0.147 e. The summed E-state index contributed by atoms with van der Waals surface area (Å²) in [6.07, 6.45) is 8.16. The average molecular weight is 419 g/mol. The van der Waals surface area contributed by atoms with Gasteiger partial charge < -0.3 is 10.1 Å². The molecule has 1 aromatic rings. The first-order chi connectivity index (χ1) is 10.1. The second-order valence-electron chi connectivity index (χ2n) is 5.98. The fourth-order valence-corrected chi connectivity index (χ4v) is 4.84. The number of methoxy groups -OCH3 is 1. The molecule has 1 aliphatic rings. The minimum Gasteiger partial charge on any atom is -0.494 e. The summed E-state index contributed by atoms with van der Waals surface area (Å²) in [6.45, 7) is 3.22. The topological polar surface area (TPSA) is 21.3 Å². The van der Waals surface area contributed by atoms with Crippen LogP contribution in [-0.4, -0.2) is 13.2 Å². The van der Waals surface area contributed by atoms with E-state index in [1.54, 1.807) is 7.11 Å². The summed E-state index contributed by atoms with van der Waals surface area (Å²) in [5.41, 5.74) is 1.28. The van der Waals surface area contributed by atoms with Crippen molar-refractivity contribution in [3.8, 4) is 5.75 Å². The van der Waals surface area contributed by atoms with Crippen molar-refractivity contribution in [3.05, 3.63) is 26.6 Å². The predicted octanol–water partition coefficient (Wildman–Crippen LogP) is 5.67. The zero-order chi connectivity index (χ0) is 15.2. The highest BCUT2D eigenvalue weighted by molar-refractivity contribution is 9.11. The van der Waals surface area contributed by atoms with Crippen LogP contribution in [0, 0.1) is 5.92 Å². The van der Waals surface area contributed by atoms with Crippen molar-refractivity contribution < 1.29 is 4.74 Å². The molecule has 2 rings (SSSR count). The molecule has 0 spiro atoms. The minimum atomic E-state index is 0.678. The van der Waals surface area contributed by atoms with Crippen LogP contribution >= 0.6 is 31.9 Å². The Morgan fingerprint density at radius 1 is 1.14 bits per heavy atom. The van der Waals surface area contributed by atoms with Gasteiger partial charge in [0.25, 0.3) is 0 Å². The van der Waals surface area contributed by atoms with Crippen molar-refractivity contribution in [2.75, 3.05) is 7.11 Å². The van der Waals surface area contributed by atoms with Gasteiger partial charge in [0.05, 0.1) is 16.1 Å². The van der Waals surface area contributed by atoms with E-state index in [0.29, 0.717) is 6.04 Å². The molecular formula is C17H25Br2NO. The van der Waals surface area contributed by atoms with Crippen LogP contribution in [0.15, 0.2) is 21.1 Å². The Bertz CT molecular complexity index is 433. The molecule has 0 saturated heterocycles. The van der Waals surface area contributed by atoms with Crippen LogP contribution in [0.5, 0.6) is 5.75 Å². The normalized spacial score (nSPS) is 22.3. The standard InChI is InChI=1S/C17H25Br2NO/c1-3-4-12-5-7-14(8-6-12)20-11-13-9-15(18)17(21-2)16(19)10-13/h9-10,12,14,20H,3-8,11H2,1-2H3. The fourth-order valence-electron chi connectivity index (χ4n) is 3.24. The molecule has 1 N–H and O–H groups in total. The summed E-state index contributed by atoms with van der Waals surface area (Å²) < 4.78 is 7.35. The van der Waals surface area contributed by atoms with Crippen LogP contribution in [0.1, 0.15) is 51.0 Å². The van der Waals surface area contributed by atoms with Crippen LogP contribution in [0.2, 0.25) is 0 Å². The van der Waals surface area contributed by atoms with Crippen molar-refractivity contribution in [2.24, 2.45) is 5.92 Å². The molecule has 0 bridgehead atoms. The summed E-state index contributed by atoms with van der Waals surface area (Å²) in [7, 11) is 1.69. The van der Waals surface area contributed by atoms with E-state index >= 15 is 0 Å². The Hall–Kier alpha value is -0.0600. The van der Waals surface area contributed by atoms with Gasteiger partial charge in [-0.15, -0.1) is 0 Å². The molecule has 0 amide bonds. The van der Waals surface area contributed by atoms with Crippen LogP contribution in [0.3, 0.4) is 0 Å². The van der Waals surface area contributed by atoms with Gasteiger partial charge in [-0.3, -0.25) is 0 Å². The molecule has 21 heavy (non-hydrogen) atoms. The van der Waals surface area contributed by atoms with Crippen molar-refractivity contribution >= 4 is 31.9 Å². The average Bonchev–Trinajstić information content (AvgIpc) is 2.47. The maximum absolute atomic E-state index is 5.35. The van der Waals surface area contributed by atoms with E-state index in [9.17, 15) is 0 Å². The van der Waals surface area contributed by atoms with Crippen LogP contribution in [0.25, 0.3) is 0 Å². The third-order valence-electron chi connectivity index (χ3n) is 4.40. The van der Waals surface area contributed by atoms with Crippen molar-refractivity contribution in [1.82, 2.24) is 5.32 Å². The molecule has 0 atom stereocenters. The first-order valence-corrected chi connectivity index (χ1v) is 9.48. The van der Waals surface area contributed by atoms with Gasteiger partial charge in [0.2, 0.25) is 0 Å². The molecule has 1 saturated carbocycles. The lowest BCUT2D eigenvalue weighted by Gasteiger charge is -2.29. The van der Waals surface area contributed by atoms with Gasteiger partial charge >= 0.3 is 0 Å². The van der Waals surface area contributed by atoms with E-state index in [-0.39, 0.29) is 0 Å². The molecule has 4 heteroatoms. The number of ether oxygens (including phenoxy) is 1. The summed E-state index contributed by atoms with van der Waals surface area (Å²) in [5.74, 6) is 1.83. The number of nitrogens with one attached hydrogen (secondary N) is 1. The molecule has 1 aromatic carbocycles. The Morgan fingerprint density at radius 2 is 1.76 bits per heavy atom. The minimum absolute atomic E-state index is 0.678. The molecule has 1 aliphatic carbocycles. The van der Waals surface area contributed by atoms with E-state index in [0.717, 1.165) is 27.2 Å². The SMILES string of the molecule is CCCC1CCC(NCc2cc(Br)c(OC)c(Br)c2)CC1. The quantitative estimate of drug-likeness (QED) is 0.642. The van der Waals surface area contributed by atoms with Gasteiger partial charge in [0.1, 0.15) is 5.75 Å². The summed E-state index contributed by atoms with van der Waals surface area (Å²) in [5, 5.41) is 3.71. The highest BCUT2D eigenvalue weighted by Gasteiger charge is 2.20. The largest absolute Gasteiger partial charge is 0.494 e. The predicted molar refractivity (Wildman–Crippen MR) is 95.9 cm³/mol. The van der Waals surface area contributed by atoms with Gasteiger partial charge in [-0.2, -0.15) is 0 Å². The van der Waals surface area contributed by atoms with Gasteiger partial charge in [0.15, 0.2) is 0 Å². The molecule has 0 aliphatic heterocycles. The lowest BCUT2D eigenvalue weighted by atomic mass is 9.83. The monoisotopic (exact) mass is 417 g/mol. The molecule has 0 unspecified atom stereocenters. The molecule has 0 aromatic heterocycles. The van der Waals surface area contributed by atoms with Gasteiger partial charge in [-0.05, 0) is 81.2 Å². The number of halogens is 2. The van der Waals surface area contributed by atoms with Gasteiger partial charge in [0, 0.05) is 12.6 Å². The zero-order valence-electron chi connectivity index (χ0n) is 12.9. The number of hydrogen-bond donors (Lipinski definition) is 1. The zero-order valence-corrected chi connectivity index (χ0v) is 16.1. The van der Waals surface area contributed by atoms with Crippen molar-refractivity contribution in [2.45, 2.75) is 58.0 Å². The number of rotatable bonds is 6. The number of benzene rings is 1. The highest BCUT2D eigenvalue weighted by atomic mass is 79.9. The number of hydrogen-bond acceptors (Lipinski definition) is 2. The van der Waals surface area contributed by atoms with Crippen molar-refractivity contribution in [1.29, 1.82) is 0 Å². The first kappa shape index (κ1) is 17.3. The molecule has 0 radical (unpaired) electrons.